The lowest BCUT2D eigenvalue weighted by Gasteiger charge is -2.11. The fraction of sp³-hybridized carbons (Fsp3) is 0.0870. The van der Waals surface area contributed by atoms with Gasteiger partial charge < -0.3 is 19.7 Å². The molecule has 0 atom stereocenters. The van der Waals surface area contributed by atoms with Gasteiger partial charge >= 0.3 is 5.97 Å². The number of benzene rings is 3. The van der Waals surface area contributed by atoms with Crippen LogP contribution in [-0.4, -0.2) is 34.9 Å². The number of phenolic OH excluding ortho intramolecular Hbond substituents is 2. The second kappa shape index (κ2) is 9.93. The zero-order chi connectivity index (χ0) is 22.2. The Morgan fingerprint density at radius 3 is 2.48 bits per heavy atom. The summed E-state index contributed by atoms with van der Waals surface area (Å²) in [6.45, 7) is 2.15. The van der Waals surface area contributed by atoms with Crippen LogP contribution in [0.25, 0.3) is 0 Å². The standard InChI is InChI=1S/C23H20N2O6/c1-2-30-21-12-15(8-11-20(21)31-23(29)16-6-4-3-5-7-16)14-24-25-22(28)18-10-9-17(26)13-19(18)27/h3-14,26-27H,2H2,1H3,(H,25,28)/b24-14+. The third-order valence-corrected chi connectivity index (χ3v) is 4.09. The number of carbonyl (C=O) groups is 2. The molecule has 3 aromatic rings. The Morgan fingerprint density at radius 1 is 1.00 bits per heavy atom. The van der Waals surface area contributed by atoms with Crippen molar-refractivity contribution in [3.63, 3.8) is 0 Å². The van der Waals surface area contributed by atoms with E-state index in [1.807, 2.05) is 0 Å². The number of hydrogen-bond acceptors (Lipinski definition) is 7. The fourth-order valence-electron chi connectivity index (χ4n) is 2.63. The highest BCUT2D eigenvalue weighted by atomic mass is 16.6. The highest BCUT2D eigenvalue weighted by molar-refractivity contribution is 5.97. The van der Waals surface area contributed by atoms with Crippen LogP contribution in [-0.2, 0) is 0 Å². The van der Waals surface area contributed by atoms with Gasteiger partial charge in [-0.2, -0.15) is 5.10 Å². The van der Waals surface area contributed by atoms with Crippen molar-refractivity contribution in [3.05, 3.63) is 83.4 Å². The third-order valence-electron chi connectivity index (χ3n) is 4.09. The first-order chi connectivity index (χ1) is 15.0. The second-order valence-electron chi connectivity index (χ2n) is 6.30. The van der Waals surface area contributed by atoms with Gasteiger partial charge in [0, 0.05) is 6.07 Å². The van der Waals surface area contributed by atoms with Gasteiger partial charge in [-0.15, -0.1) is 0 Å². The number of phenols is 2. The lowest BCUT2D eigenvalue weighted by Crippen LogP contribution is -2.17. The molecule has 1 amide bonds. The summed E-state index contributed by atoms with van der Waals surface area (Å²) >= 11 is 0. The van der Waals surface area contributed by atoms with Gasteiger partial charge in [0.15, 0.2) is 11.5 Å². The van der Waals surface area contributed by atoms with E-state index in [0.29, 0.717) is 23.5 Å². The van der Waals surface area contributed by atoms with Gasteiger partial charge in [0.1, 0.15) is 11.5 Å². The number of rotatable bonds is 7. The first-order valence-corrected chi connectivity index (χ1v) is 9.37. The van der Waals surface area contributed by atoms with Gasteiger partial charge in [-0.1, -0.05) is 18.2 Å². The minimum absolute atomic E-state index is 0.0341. The van der Waals surface area contributed by atoms with Gasteiger partial charge in [-0.3, -0.25) is 4.79 Å². The molecule has 158 valence electrons. The summed E-state index contributed by atoms with van der Waals surface area (Å²) in [7, 11) is 0. The Morgan fingerprint density at radius 2 is 1.77 bits per heavy atom. The van der Waals surface area contributed by atoms with E-state index in [1.165, 1.54) is 18.3 Å². The molecule has 0 spiro atoms. The number of nitrogens with zero attached hydrogens (tertiary/aromatic N) is 1. The van der Waals surface area contributed by atoms with Gasteiger partial charge in [0.05, 0.1) is 23.9 Å². The summed E-state index contributed by atoms with van der Waals surface area (Å²) in [4.78, 5) is 24.4. The Hall–Kier alpha value is -4.33. The largest absolute Gasteiger partial charge is 0.508 e. The predicted molar refractivity (Wildman–Crippen MR) is 114 cm³/mol. The molecule has 3 aromatic carbocycles. The van der Waals surface area contributed by atoms with Crippen LogP contribution in [0.5, 0.6) is 23.0 Å². The van der Waals surface area contributed by atoms with E-state index >= 15 is 0 Å². The number of aromatic hydroxyl groups is 2. The van der Waals surface area contributed by atoms with E-state index < -0.39 is 11.9 Å². The van der Waals surface area contributed by atoms with Crippen LogP contribution in [0.3, 0.4) is 0 Å². The highest BCUT2D eigenvalue weighted by Gasteiger charge is 2.13. The molecule has 0 aliphatic heterocycles. The number of nitrogens with one attached hydrogen (secondary N) is 1. The zero-order valence-corrected chi connectivity index (χ0v) is 16.6. The number of carbonyl (C=O) groups excluding carboxylic acids is 2. The molecule has 8 nitrogen and oxygen atoms in total. The summed E-state index contributed by atoms with van der Waals surface area (Å²) < 4.78 is 11.0. The molecular formula is C23H20N2O6. The SMILES string of the molecule is CCOc1cc(/C=N/NC(=O)c2ccc(O)cc2O)ccc1OC(=O)c1ccccc1. The molecule has 0 saturated carbocycles. The molecule has 8 heteroatoms. The Bertz CT molecular complexity index is 1110. The van der Waals surface area contributed by atoms with Crippen LogP contribution in [0, 0.1) is 0 Å². The number of hydrazone groups is 1. The lowest BCUT2D eigenvalue weighted by molar-refractivity contribution is 0.0728. The maximum Gasteiger partial charge on any atom is 0.343 e. The molecule has 0 radical (unpaired) electrons. The smallest absolute Gasteiger partial charge is 0.343 e. The van der Waals surface area contributed by atoms with Crippen molar-refractivity contribution in [3.8, 4) is 23.0 Å². The van der Waals surface area contributed by atoms with Crippen molar-refractivity contribution in [1.29, 1.82) is 0 Å². The van der Waals surface area contributed by atoms with Crippen LogP contribution in [0.1, 0.15) is 33.2 Å². The van der Waals surface area contributed by atoms with Gasteiger partial charge in [-0.05, 0) is 55.0 Å². The Labute approximate surface area is 178 Å². The molecule has 0 aliphatic rings. The molecular weight excluding hydrogens is 400 g/mol. The molecule has 0 heterocycles. The van der Waals surface area contributed by atoms with Crippen molar-refractivity contribution < 1.29 is 29.3 Å². The monoisotopic (exact) mass is 420 g/mol. The first-order valence-electron chi connectivity index (χ1n) is 9.37. The lowest BCUT2D eigenvalue weighted by atomic mass is 10.2. The normalized spacial score (nSPS) is 10.6. The van der Waals surface area contributed by atoms with Crippen molar-refractivity contribution in [1.82, 2.24) is 5.43 Å². The summed E-state index contributed by atoms with van der Waals surface area (Å²) in [6.07, 6.45) is 1.38. The van der Waals surface area contributed by atoms with Crippen molar-refractivity contribution in [2.75, 3.05) is 6.61 Å². The van der Waals surface area contributed by atoms with Crippen molar-refractivity contribution >= 4 is 18.1 Å². The van der Waals surface area contributed by atoms with E-state index in [0.717, 1.165) is 6.07 Å². The average Bonchev–Trinajstić information content (AvgIpc) is 2.76. The third kappa shape index (κ3) is 5.60. The van der Waals surface area contributed by atoms with Crippen LogP contribution in [0.15, 0.2) is 71.8 Å². The molecule has 0 bridgehead atoms. The van der Waals surface area contributed by atoms with E-state index in [2.05, 4.69) is 10.5 Å². The van der Waals surface area contributed by atoms with Crippen molar-refractivity contribution in [2.24, 2.45) is 5.10 Å². The molecule has 0 fully saturated rings. The summed E-state index contributed by atoms with van der Waals surface area (Å²) in [5.74, 6) is -1.08. The van der Waals surface area contributed by atoms with E-state index in [-0.39, 0.29) is 22.8 Å². The van der Waals surface area contributed by atoms with Crippen LogP contribution in [0.2, 0.25) is 0 Å². The second-order valence-corrected chi connectivity index (χ2v) is 6.30. The zero-order valence-electron chi connectivity index (χ0n) is 16.6. The van der Waals surface area contributed by atoms with Gasteiger partial charge in [0.2, 0.25) is 0 Å². The Balaban J connectivity index is 1.71. The summed E-state index contributed by atoms with van der Waals surface area (Å²) in [6, 6.07) is 17.0. The minimum atomic E-state index is -0.646. The Kier molecular flexibility index (Phi) is 6.85. The first kappa shape index (κ1) is 21.4. The van der Waals surface area contributed by atoms with Crippen molar-refractivity contribution in [2.45, 2.75) is 6.92 Å². The maximum atomic E-state index is 12.3. The summed E-state index contributed by atoms with van der Waals surface area (Å²) in [5, 5.41) is 22.9. The number of amides is 1. The maximum absolute atomic E-state index is 12.3. The van der Waals surface area contributed by atoms with E-state index in [9.17, 15) is 19.8 Å². The topological polar surface area (TPSA) is 117 Å². The van der Waals surface area contributed by atoms with Crippen LogP contribution in [0.4, 0.5) is 0 Å². The molecule has 0 aliphatic carbocycles. The van der Waals surface area contributed by atoms with E-state index in [4.69, 9.17) is 9.47 Å². The highest BCUT2D eigenvalue weighted by Crippen LogP contribution is 2.29. The average molecular weight is 420 g/mol. The molecule has 0 aromatic heterocycles. The van der Waals surface area contributed by atoms with Crippen LogP contribution < -0.4 is 14.9 Å². The predicted octanol–water partition coefficient (Wildman–Crippen LogP) is 3.48. The molecule has 3 rings (SSSR count). The molecule has 3 N–H and O–H groups in total. The quantitative estimate of drug-likeness (QED) is 0.233. The van der Waals surface area contributed by atoms with Crippen LogP contribution >= 0.6 is 0 Å². The van der Waals surface area contributed by atoms with Gasteiger partial charge in [0.25, 0.3) is 5.91 Å². The number of hydrogen-bond donors (Lipinski definition) is 3. The number of ether oxygens (including phenoxy) is 2. The minimum Gasteiger partial charge on any atom is -0.508 e. The van der Waals surface area contributed by atoms with E-state index in [1.54, 1.807) is 55.5 Å². The molecule has 31 heavy (non-hydrogen) atoms. The fourth-order valence-corrected chi connectivity index (χ4v) is 2.63. The summed E-state index contributed by atoms with van der Waals surface area (Å²) in [5.41, 5.74) is 3.25. The molecule has 0 unspecified atom stereocenters. The van der Waals surface area contributed by atoms with Gasteiger partial charge in [-0.25, -0.2) is 10.2 Å². The molecule has 0 saturated heterocycles. The number of esters is 1.